The third-order valence-electron chi connectivity index (χ3n) is 2.03. The zero-order chi connectivity index (χ0) is 10.4. The molecule has 1 atom stereocenters. The molecule has 1 aromatic carbocycles. The van der Waals surface area contributed by atoms with Crippen LogP contribution in [0.1, 0.15) is 24.8 Å². The Hall–Kier alpha value is -1.57. The number of hydrogen-bond acceptors (Lipinski definition) is 2. The lowest BCUT2D eigenvalue weighted by atomic mass is 10.0. The van der Waals surface area contributed by atoms with Gasteiger partial charge in [0.1, 0.15) is 0 Å². The fraction of sp³-hybridized carbons (Fsp3) is 0.250. The first-order chi connectivity index (χ1) is 6.70. The largest absolute Gasteiger partial charge is 0.550 e. The van der Waals surface area contributed by atoms with Gasteiger partial charge in [-0.05, 0) is 11.5 Å². The van der Waals surface area contributed by atoms with Crippen molar-refractivity contribution in [2.75, 3.05) is 0 Å². The van der Waals surface area contributed by atoms with Gasteiger partial charge in [-0.3, -0.25) is 0 Å². The van der Waals surface area contributed by atoms with Crippen molar-refractivity contribution in [3.05, 3.63) is 48.0 Å². The van der Waals surface area contributed by atoms with Crippen molar-refractivity contribution in [3.63, 3.8) is 0 Å². The van der Waals surface area contributed by atoms with Crippen molar-refractivity contribution in [2.45, 2.75) is 19.3 Å². The number of hydrogen-bond donors (Lipinski definition) is 0. The summed E-state index contributed by atoms with van der Waals surface area (Å²) in [6.45, 7) is 2.03. The summed E-state index contributed by atoms with van der Waals surface area (Å²) in [5, 5.41) is 10.2. The van der Waals surface area contributed by atoms with Gasteiger partial charge in [-0.1, -0.05) is 49.4 Å². The van der Waals surface area contributed by atoms with Gasteiger partial charge < -0.3 is 9.90 Å². The zero-order valence-corrected chi connectivity index (χ0v) is 8.14. The molecule has 0 aliphatic carbocycles. The predicted molar refractivity (Wildman–Crippen MR) is 53.6 cm³/mol. The van der Waals surface area contributed by atoms with E-state index in [9.17, 15) is 9.90 Å². The van der Waals surface area contributed by atoms with Crippen molar-refractivity contribution >= 4 is 5.97 Å². The highest BCUT2D eigenvalue weighted by Gasteiger charge is 1.98. The second-order valence-electron chi connectivity index (χ2n) is 3.20. The summed E-state index contributed by atoms with van der Waals surface area (Å²) in [6.07, 6.45) is 3.50. The smallest absolute Gasteiger partial charge is 0.0452 e. The molecule has 0 saturated carbocycles. The van der Waals surface area contributed by atoms with Crippen molar-refractivity contribution < 1.29 is 9.90 Å². The monoisotopic (exact) mass is 189 g/mol. The number of rotatable bonds is 4. The van der Waals surface area contributed by atoms with Gasteiger partial charge in [0.25, 0.3) is 0 Å². The maximum absolute atomic E-state index is 10.2. The van der Waals surface area contributed by atoms with Gasteiger partial charge >= 0.3 is 0 Å². The Balaban J connectivity index is 2.54. The van der Waals surface area contributed by atoms with Gasteiger partial charge in [-0.15, -0.1) is 0 Å². The number of aliphatic carboxylic acids is 1. The number of carbonyl (C=O) groups excluding carboxylic acids is 1. The highest BCUT2D eigenvalue weighted by Crippen LogP contribution is 2.15. The molecule has 14 heavy (non-hydrogen) atoms. The molecule has 0 fully saturated rings. The van der Waals surface area contributed by atoms with E-state index >= 15 is 0 Å². The molecule has 2 nitrogen and oxygen atoms in total. The highest BCUT2D eigenvalue weighted by atomic mass is 16.4. The van der Waals surface area contributed by atoms with E-state index in [1.54, 1.807) is 6.08 Å². The topological polar surface area (TPSA) is 40.1 Å². The molecule has 0 N–H and O–H groups in total. The summed E-state index contributed by atoms with van der Waals surface area (Å²) in [6, 6.07) is 9.94. The minimum atomic E-state index is -1.04. The summed E-state index contributed by atoms with van der Waals surface area (Å²) >= 11 is 0. The third-order valence-corrected chi connectivity index (χ3v) is 2.03. The molecule has 0 spiro atoms. The van der Waals surface area contributed by atoms with Crippen molar-refractivity contribution in [1.82, 2.24) is 0 Å². The van der Waals surface area contributed by atoms with Crippen LogP contribution in [0.15, 0.2) is 42.5 Å². The lowest BCUT2D eigenvalue weighted by Gasteiger charge is -2.05. The van der Waals surface area contributed by atoms with Crippen LogP contribution >= 0.6 is 0 Å². The summed E-state index contributed by atoms with van der Waals surface area (Å²) < 4.78 is 0. The minimum absolute atomic E-state index is 0.0167. The Morgan fingerprint density at radius 2 is 2.07 bits per heavy atom. The SMILES string of the molecule is C[C@H](/C=C/CC(=O)[O-])c1ccccc1. The molecular weight excluding hydrogens is 176 g/mol. The molecule has 74 valence electrons. The molecular formula is C12H13O2-. The zero-order valence-electron chi connectivity index (χ0n) is 8.14. The minimum Gasteiger partial charge on any atom is -0.550 e. The molecule has 2 heteroatoms. The van der Waals surface area contributed by atoms with E-state index in [1.807, 2.05) is 43.3 Å². The number of allylic oxidation sites excluding steroid dienone is 1. The van der Waals surface area contributed by atoms with E-state index in [-0.39, 0.29) is 12.3 Å². The number of carboxylic acids is 1. The summed E-state index contributed by atoms with van der Waals surface area (Å²) in [7, 11) is 0. The molecule has 0 heterocycles. The fourth-order valence-corrected chi connectivity index (χ4v) is 1.24. The van der Waals surface area contributed by atoms with Gasteiger partial charge in [-0.2, -0.15) is 0 Å². The second kappa shape index (κ2) is 5.22. The normalized spacial score (nSPS) is 12.9. The number of carbonyl (C=O) groups is 1. The third kappa shape index (κ3) is 3.44. The summed E-state index contributed by atoms with van der Waals surface area (Å²) in [4.78, 5) is 10.2. The Morgan fingerprint density at radius 3 is 2.64 bits per heavy atom. The molecule has 0 unspecified atom stereocenters. The predicted octanol–water partition coefficient (Wildman–Crippen LogP) is 1.49. The standard InChI is InChI=1S/C12H14O2/c1-10(6-5-9-12(13)14)11-7-3-2-4-8-11/h2-8,10H,9H2,1H3,(H,13,14)/p-1/b6-5+/t10-/m1/s1. The average molecular weight is 189 g/mol. The van der Waals surface area contributed by atoms with E-state index in [0.717, 1.165) is 0 Å². The van der Waals surface area contributed by atoms with Crippen LogP contribution in [0, 0.1) is 0 Å². The molecule has 1 aromatic rings. The fourth-order valence-electron chi connectivity index (χ4n) is 1.24. The van der Waals surface area contributed by atoms with Crippen LogP contribution in [0.25, 0.3) is 0 Å². The molecule has 0 aromatic heterocycles. The van der Waals surface area contributed by atoms with E-state index in [1.165, 1.54) is 5.56 Å². The maximum Gasteiger partial charge on any atom is 0.0452 e. The Bertz CT molecular complexity index is 314. The molecule has 0 radical (unpaired) electrons. The first-order valence-electron chi connectivity index (χ1n) is 4.61. The molecule has 0 bridgehead atoms. The maximum atomic E-state index is 10.2. The quantitative estimate of drug-likeness (QED) is 0.673. The average Bonchev–Trinajstić information content (AvgIpc) is 2.18. The van der Waals surface area contributed by atoms with E-state index in [4.69, 9.17) is 0 Å². The lowest BCUT2D eigenvalue weighted by Crippen LogP contribution is -2.20. The van der Waals surface area contributed by atoms with Gasteiger partial charge in [0, 0.05) is 12.4 Å². The van der Waals surface area contributed by atoms with Crippen LogP contribution in [0.3, 0.4) is 0 Å². The van der Waals surface area contributed by atoms with E-state index in [2.05, 4.69) is 0 Å². The second-order valence-corrected chi connectivity index (χ2v) is 3.20. The number of carboxylic acid groups (broad SMARTS) is 1. The molecule has 1 rings (SSSR count). The van der Waals surface area contributed by atoms with Gasteiger partial charge in [-0.25, -0.2) is 0 Å². The van der Waals surface area contributed by atoms with Crippen LogP contribution in [0.5, 0.6) is 0 Å². The first kappa shape index (κ1) is 10.5. The molecule has 0 aliphatic rings. The van der Waals surface area contributed by atoms with Crippen LogP contribution in [0.2, 0.25) is 0 Å². The number of benzene rings is 1. The van der Waals surface area contributed by atoms with Gasteiger partial charge in [0.15, 0.2) is 0 Å². The Kier molecular flexibility index (Phi) is 3.92. The van der Waals surface area contributed by atoms with E-state index < -0.39 is 5.97 Å². The van der Waals surface area contributed by atoms with Crippen molar-refractivity contribution in [2.24, 2.45) is 0 Å². The lowest BCUT2D eigenvalue weighted by molar-refractivity contribution is -0.304. The van der Waals surface area contributed by atoms with Crippen LogP contribution in [0.4, 0.5) is 0 Å². The summed E-state index contributed by atoms with van der Waals surface area (Å²) in [5.41, 5.74) is 1.18. The van der Waals surface area contributed by atoms with Crippen LogP contribution in [-0.2, 0) is 4.79 Å². The highest BCUT2D eigenvalue weighted by molar-refractivity contribution is 5.66. The molecule has 0 saturated heterocycles. The van der Waals surface area contributed by atoms with Crippen LogP contribution in [-0.4, -0.2) is 5.97 Å². The van der Waals surface area contributed by atoms with E-state index in [0.29, 0.717) is 0 Å². The van der Waals surface area contributed by atoms with Crippen molar-refractivity contribution in [1.29, 1.82) is 0 Å². The molecule has 0 aliphatic heterocycles. The van der Waals surface area contributed by atoms with Crippen LogP contribution < -0.4 is 5.11 Å². The van der Waals surface area contributed by atoms with Crippen molar-refractivity contribution in [3.8, 4) is 0 Å². The first-order valence-corrected chi connectivity index (χ1v) is 4.61. The Labute approximate surface area is 83.9 Å². The summed E-state index contributed by atoms with van der Waals surface area (Å²) in [5.74, 6) is -0.794. The molecule has 0 amide bonds. The van der Waals surface area contributed by atoms with Gasteiger partial charge in [0.05, 0.1) is 0 Å². The van der Waals surface area contributed by atoms with Gasteiger partial charge in [0.2, 0.25) is 0 Å². The Morgan fingerprint density at radius 1 is 1.43 bits per heavy atom.